The van der Waals surface area contributed by atoms with Crippen LogP contribution in [0.4, 0.5) is 0 Å². The van der Waals surface area contributed by atoms with E-state index in [0.29, 0.717) is 12.8 Å². The summed E-state index contributed by atoms with van der Waals surface area (Å²) in [6.07, 6.45) is 4.25. The second kappa shape index (κ2) is 10.1. The summed E-state index contributed by atoms with van der Waals surface area (Å²) in [4.78, 5) is 26.9. The van der Waals surface area contributed by atoms with Gasteiger partial charge in [0.05, 0.1) is 25.9 Å². The van der Waals surface area contributed by atoms with Crippen LogP contribution >= 0.6 is 0 Å². The molecule has 0 aromatic heterocycles. The van der Waals surface area contributed by atoms with Crippen LogP contribution in [0.2, 0.25) is 11.1 Å². The molecule has 1 spiro atoms. The predicted octanol–water partition coefficient (Wildman–Crippen LogP) is 4.87. The summed E-state index contributed by atoms with van der Waals surface area (Å²) in [5, 5.41) is 2.61. The van der Waals surface area contributed by atoms with Crippen molar-refractivity contribution < 1.29 is 23.8 Å². The molecule has 0 bridgehead atoms. The summed E-state index contributed by atoms with van der Waals surface area (Å²) in [5.41, 5.74) is -2.32. The van der Waals surface area contributed by atoms with E-state index in [9.17, 15) is 9.59 Å². The number of carbonyl (C=O) groups excluding carboxylic acids is 2. The van der Waals surface area contributed by atoms with E-state index in [1.54, 1.807) is 0 Å². The van der Waals surface area contributed by atoms with Gasteiger partial charge in [-0.25, -0.2) is 0 Å². The number of ether oxygens (including phenoxy) is 3. The first-order chi connectivity index (χ1) is 17.2. The minimum Gasteiger partial charge on any atom is -0.468 e. The van der Waals surface area contributed by atoms with E-state index in [4.69, 9.17) is 14.2 Å². The molecular weight excluding hydrogens is 468 g/mol. The van der Waals surface area contributed by atoms with Gasteiger partial charge in [0.25, 0.3) is 0 Å². The van der Waals surface area contributed by atoms with Crippen molar-refractivity contribution in [1.29, 1.82) is 0 Å². The lowest BCUT2D eigenvalue weighted by atomic mass is 9.64. The molecule has 1 aliphatic carbocycles. The maximum Gasteiger partial charge on any atom is 0.326 e. The molecule has 2 aliphatic rings. The number of benzene rings is 2. The van der Waals surface area contributed by atoms with Crippen molar-refractivity contribution in [3.8, 4) is 0 Å². The lowest BCUT2D eigenvalue weighted by molar-refractivity contribution is -0.187. The third-order valence-corrected chi connectivity index (χ3v) is 15.0. The van der Waals surface area contributed by atoms with Gasteiger partial charge in [-0.3, -0.25) is 9.59 Å². The van der Waals surface area contributed by atoms with Gasteiger partial charge in [-0.05, 0) is 23.9 Å². The van der Waals surface area contributed by atoms with Crippen LogP contribution in [0.25, 0.3) is 0 Å². The molecule has 1 unspecified atom stereocenters. The van der Waals surface area contributed by atoms with Gasteiger partial charge >= 0.3 is 11.9 Å². The van der Waals surface area contributed by atoms with Crippen molar-refractivity contribution in [2.24, 2.45) is 5.41 Å². The van der Waals surface area contributed by atoms with E-state index < -0.39 is 31.0 Å². The van der Waals surface area contributed by atoms with E-state index in [1.165, 1.54) is 24.6 Å². The third-order valence-electron chi connectivity index (χ3n) is 8.78. The molecule has 0 N–H and O–H groups in total. The van der Waals surface area contributed by atoms with Crippen LogP contribution in [-0.2, 0) is 23.8 Å². The Kier molecular flexibility index (Phi) is 7.49. The lowest BCUT2D eigenvalue weighted by Crippen LogP contribution is -2.65. The molecule has 1 saturated heterocycles. The van der Waals surface area contributed by atoms with Gasteiger partial charge in [0.2, 0.25) is 0 Å². The summed E-state index contributed by atoms with van der Waals surface area (Å²) in [6.45, 7) is 6.95. The zero-order chi connectivity index (χ0) is 26.0. The largest absolute Gasteiger partial charge is 0.468 e. The fraction of sp³-hybridized carbons (Fsp3) is 0.533. The maximum atomic E-state index is 13.5. The first-order valence-corrected chi connectivity index (χ1v) is 15.3. The van der Waals surface area contributed by atoms with Gasteiger partial charge in [-0.2, -0.15) is 0 Å². The fourth-order valence-corrected chi connectivity index (χ4v) is 12.7. The maximum absolute atomic E-state index is 13.5. The monoisotopic (exact) mass is 508 g/mol. The molecule has 2 aromatic rings. The molecule has 1 atom stereocenters. The van der Waals surface area contributed by atoms with Gasteiger partial charge in [0, 0.05) is 6.42 Å². The third kappa shape index (κ3) is 4.12. The van der Waals surface area contributed by atoms with Crippen LogP contribution in [-0.4, -0.2) is 45.9 Å². The Morgan fingerprint density at radius 3 is 1.75 bits per heavy atom. The number of rotatable bonds is 6. The quantitative estimate of drug-likeness (QED) is 0.316. The molecule has 36 heavy (non-hydrogen) atoms. The molecule has 1 heterocycles. The van der Waals surface area contributed by atoms with Crippen LogP contribution in [0.15, 0.2) is 60.7 Å². The van der Waals surface area contributed by atoms with Crippen LogP contribution in [0.5, 0.6) is 0 Å². The molecule has 194 valence electrons. The Bertz CT molecular complexity index is 998. The van der Waals surface area contributed by atoms with Gasteiger partial charge in [0.1, 0.15) is 8.07 Å². The van der Waals surface area contributed by atoms with Crippen LogP contribution < -0.4 is 10.4 Å². The topological polar surface area (TPSA) is 61.8 Å². The zero-order valence-corrected chi connectivity index (χ0v) is 23.3. The second-order valence-electron chi connectivity index (χ2n) is 11.5. The van der Waals surface area contributed by atoms with Crippen LogP contribution in [0, 0.1) is 5.41 Å². The van der Waals surface area contributed by atoms with Crippen molar-refractivity contribution in [3.63, 3.8) is 0 Å². The first kappa shape index (κ1) is 26.6. The second-order valence-corrected chi connectivity index (χ2v) is 16.4. The summed E-state index contributed by atoms with van der Waals surface area (Å²) in [7, 11) is 0.244. The standard InChI is InChI=1S/C30H40O5Si/c1-28(2,3)36(24-15-9-6-10-16-24,25-17-11-7-12-18-25)22-23-21-30(26(31)33-4,27(32)34-5)29(35-23)19-13-8-14-20-29/h6-7,9-12,15-18,23H,8,13-14,19-22H2,1-5H3. The minimum atomic E-state index is -2.48. The van der Waals surface area contributed by atoms with E-state index in [-0.39, 0.29) is 17.6 Å². The van der Waals surface area contributed by atoms with Crippen molar-refractivity contribution in [1.82, 2.24) is 0 Å². The number of hydrogen-bond donors (Lipinski definition) is 0. The molecule has 0 amide bonds. The van der Waals surface area contributed by atoms with Crippen molar-refractivity contribution in [3.05, 3.63) is 60.7 Å². The van der Waals surface area contributed by atoms with E-state index in [2.05, 4.69) is 81.4 Å². The highest BCUT2D eigenvalue weighted by atomic mass is 28.3. The molecule has 1 aliphatic heterocycles. The van der Waals surface area contributed by atoms with Gasteiger partial charge in [-0.1, -0.05) is 111 Å². The molecule has 4 rings (SSSR count). The SMILES string of the molecule is COC(=O)C1(C(=O)OC)CC(C[Si](c2ccccc2)(c2ccccc2)C(C)(C)C)OC12CCCCC2. The van der Waals surface area contributed by atoms with Crippen molar-refractivity contribution in [2.75, 3.05) is 14.2 Å². The Labute approximate surface area is 216 Å². The Hall–Kier alpha value is -2.44. The highest BCUT2D eigenvalue weighted by Gasteiger charge is 2.70. The Morgan fingerprint density at radius 1 is 0.861 bits per heavy atom. The number of esters is 2. The average Bonchev–Trinajstić information content (AvgIpc) is 3.20. The van der Waals surface area contributed by atoms with Gasteiger partial charge < -0.3 is 14.2 Å². The molecule has 0 radical (unpaired) electrons. The molecule has 2 fully saturated rings. The number of hydrogen-bond acceptors (Lipinski definition) is 5. The van der Waals surface area contributed by atoms with Gasteiger partial charge in [0.15, 0.2) is 5.41 Å². The highest BCUT2D eigenvalue weighted by molar-refractivity contribution is 7.04. The van der Waals surface area contributed by atoms with E-state index in [1.807, 2.05) is 0 Å². The van der Waals surface area contributed by atoms with Crippen molar-refractivity contribution in [2.45, 2.75) is 82.1 Å². The molecule has 5 nitrogen and oxygen atoms in total. The number of carbonyl (C=O) groups is 2. The fourth-order valence-electron chi connectivity index (χ4n) is 7.10. The van der Waals surface area contributed by atoms with Crippen LogP contribution in [0.3, 0.4) is 0 Å². The molecule has 6 heteroatoms. The first-order valence-electron chi connectivity index (χ1n) is 13.1. The van der Waals surface area contributed by atoms with Crippen LogP contribution in [0.1, 0.15) is 59.3 Å². The molecule has 2 aromatic carbocycles. The Balaban J connectivity index is 1.87. The predicted molar refractivity (Wildman–Crippen MR) is 144 cm³/mol. The average molecular weight is 509 g/mol. The molecular formula is C30H40O5Si. The normalized spacial score (nSPS) is 21.2. The summed E-state index contributed by atoms with van der Waals surface area (Å²) in [6, 6.07) is 22.3. The zero-order valence-electron chi connectivity index (χ0n) is 22.3. The summed E-state index contributed by atoms with van der Waals surface area (Å²) < 4.78 is 17.6. The molecule has 1 saturated carbocycles. The lowest BCUT2D eigenvalue weighted by Gasteiger charge is -2.46. The highest BCUT2D eigenvalue weighted by Crippen LogP contribution is 2.57. The van der Waals surface area contributed by atoms with E-state index in [0.717, 1.165) is 25.3 Å². The minimum absolute atomic E-state index is 0.0550. The van der Waals surface area contributed by atoms with Gasteiger partial charge in [-0.15, -0.1) is 0 Å². The Morgan fingerprint density at radius 2 is 1.33 bits per heavy atom. The summed E-state index contributed by atoms with van der Waals surface area (Å²) >= 11 is 0. The van der Waals surface area contributed by atoms with E-state index >= 15 is 0 Å². The number of methoxy groups -OCH3 is 2. The van der Waals surface area contributed by atoms with Crippen molar-refractivity contribution >= 4 is 30.4 Å². The summed E-state index contributed by atoms with van der Waals surface area (Å²) in [5.74, 6) is -1.05. The smallest absolute Gasteiger partial charge is 0.326 e.